The number of para-hydroxylation sites is 2. The van der Waals surface area contributed by atoms with Crippen molar-refractivity contribution in [3.8, 4) is 11.8 Å². The van der Waals surface area contributed by atoms with Crippen molar-refractivity contribution in [1.29, 1.82) is 5.26 Å². The van der Waals surface area contributed by atoms with Gasteiger partial charge in [0.1, 0.15) is 0 Å². The zero-order valence-electron chi connectivity index (χ0n) is 19.3. The molecule has 0 N–H and O–H groups in total. The molecule has 4 aromatic carbocycles. The zero-order chi connectivity index (χ0) is 23.5. The van der Waals surface area contributed by atoms with Crippen LogP contribution in [0.3, 0.4) is 0 Å². The lowest BCUT2D eigenvalue weighted by Gasteiger charge is -2.23. The Kier molecular flexibility index (Phi) is 4.46. The third-order valence-electron chi connectivity index (χ3n) is 7.25. The SMILES string of the molecule is CC1CC=C(c2cc(C#N)ccc2-n2c3ccccc3c3ccccc32)c2c1sc1ccccc21. The Morgan fingerprint density at radius 1 is 0.829 bits per heavy atom. The molecule has 1 aliphatic carbocycles. The highest BCUT2D eigenvalue weighted by atomic mass is 32.1. The van der Waals surface area contributed by atoms with Crippen molar-refractivity contribution >= 4 is 48.8 Å². The first-order valence-electron chi connectivity index (χ1n) is 12.0. The average molecular weight is 467 g/mol. The topological polar surface area (TPSA) is 28.7 Å². The quantitative estimate of drug-likeness (QED) is 0.251. The Balaban J connectivity index is 1.59. The van der Waals surface area contributed by atoms with E-state index in [9.17, 15) is 5.26 Å². The number of rotatable bonds is 2. The van der Waals surface area contributed by atoms with Crippen LogP contribution in [0.25, 0.3) is 43.2 Å². The minimum atomic E-state index is 0.488. The van der Waals surface area contributed by atoms with E-state index in [1.165, 1.54) is 47.9 Å². The summed E-state index contributed by atoms with van der Waals surface area (Å²) in [5.41, 5.74) is 7.85. The van der Waals surface area contributed by atoms with Gasteiger partial charge >= 0.3 is 0 Å². The molecule has 166 valence electrons. The van der Waals surface area contributed by atoms with Crippen LogP contribution in [0.1, 0.15) is 40.8 Å². The van der Waals surface area contributed by atoms with Gasteiger partial charge in [-0.05, 0) is 54.3 Å². The first kappa shape index (κ1) is 20.3. The number of allylic oxidation sites excluding steroid dienone is 1. The normalized spacial score (nSPS) is 15.3. The largest absolute Gasteiger partial charge is 0.309 e. The van der Waals surface area contributed by atoms with Gasteiger partial charge in [0, 0.05) is 36.9 Å². The molecule has 2 heterocycles. The summed E-state index contributed by atoms with van der Waals surface area (Å²) in [7, 11) is 0. The van der Waals surface area contributed by atoms with E-state index in [-0.39, 0.29) is 0 Å². The predicted octanol–water partition coefficient (Wildman–Crippen LogP) is 8.81. The lowest BCUT2D eigenvalue weighted by atomic mass is 9.84. The second kappa shape index (κ2) is 7.70. The van der Waals surface area contributed by atoms with Crippen molar-refractivity contribution < 1.29 is 0 Å². The van der Waals surface area contributed by atoms with Crippen molar-refractivity contribution in [3.63, 3.8) is 0 Å². The maximum Gasteiger partial charge on any atom is 0.0991 e. The van der Waals surface area contributed by atoms with E-state index in [0.29, 0.717) is 11.5 Å². The van der Waals surface area contributed by atoms with Gasteiger partial charge in [0.2, 0.25) is 0 Å². The highest BCUT2D eigenvalue weighted by Crippen LogP contribution is 2.48. The summed E-state index contributed by atoms with van der Waals surface area (Å²) in [6.45, 7) is 2.32. The summed E-state index contributed by atoms with van der Waals surface area (Å²) in [5.74, 6) is 0.488. The Morgan fingerprint density at radius 2 is 1.49 bits per heavy atom. The molecule has 0 bridgehead atoms. The van der Waals surface area contributed by atoms with Gasteiger partial charge in [0.25, 0.3) is 0 Å². The molecule has 1 atom stereocenters. The molecule has 0 aliphatic heterocycles. The molecule has 1 aliphatic rings. The Bertz CT molecular complexity index is 1800. The number of hydrogen-bond donors (Lipinski definition) is 0. The average Bonchev–Trinajstić information content (AvgIpc) is 3.46. The highest BCUT2D eigenvalue weighted by Gasteiger charge is 2.27. The molecule has 0 spiro atoms. The maximum absolute atomic E-state index is 9.82. The third-order valence-corrected chi connectivity index (χ3v) is 8.65. The third kappa shape index (κ3) is 2.94. The molecular weight excluding hydrogens is 444 g/mol. The van der Waals surface area contributed by atoms with E-state index >= 15 is 0 Å². The van der Waals surface area contributed by atoms with Gasteiger partial charge < -0.3 is 4.57 Å². The van der Waals surface area contributed by atoms with Crippen LogP contribution in [0.2, 0.25) is 0 Å². The molecule has 2 nitrogen and oxygen atoms in total. The number of nitrogens with zero attached hydrogens (tertiary/aromatic N) is 2. The zero-order valence-corrected chi connectivity index (χ0v) is 20.1. The van der Waals surface area contributed by atoms with Gasteiger partial charge in [-0.15, -0.1) is 11.3 Å². The molecule has 0 saturated carbocycles. The summed E-state index contributed by atoms with van der Waals surface area (Å²) >= 11 is 1.91. The lowest BCUT2D eigenvalue weighted by molar-refractivity contribution is 0.787. The van der Waals surface area contributed by atoms with Gasteiger partial charge in [-0.2, -0.15) is 5.26 Å². The van der Waals surface area contributed by atoms with Crippen LogP contribution in [0.5, 0.6) is 0 Å². The summed E-state index contributed by atoms with van der Waals surface area (Å²) < 4.78 is 3.70. The number of benzene rings is 4. The van der Waals surface area contributed by atoms with Crippen LogP contribution in [0.15, 0.2) is 97.1 Å². The highest BCUT2D eigenvalue weighted by molar-refractivity contribution is 7.19. The Morgan fingerprint density at radius 3 is 2.20 bits per heavy atom. The maximum atomic E-state index is 9.82. The minimum Gasteiger partial charge on any atom is -0.309 e. The molecule has 35 heavy (non-hydrogen) atoms. The fourth-order valence-electron chi connectivity index (χ4n) is 5.64. The van der Waals surface area contributed by atoms with Crippen molar-refractivity contribution in [1.82, 2.24) is 4.57 Å². The summed E-state index contributed by atoms with van der Waals surface area (Å²) in [4.78, 5) is 1.44. The molecule has 0 fully saturated rings. The van der Waals surface area contributed by atoms with Crippen molar-refractivity contribution in [2.45, 2.75) is 19.3 Å². The van der Waals surface area contributed by atoms with Crippen LogP contribution in [-0.2, 0) is 0 Å². The van der Waals surface area contributed by atoms with E-state index < -0.39 is 0 Å². The van der Waals surface area contributed by atoms with Crippen LogP contribution < -0.4 is 0 Å². The second-order valence-corrected chi connectivity index (χ2v) is 10.4. The smallest absolute Gasteiger partial charge is 0.0991 e. The van der Waals surface area contributed by atoms with Gasteiger partial charge in [-0.25, -0.2) is 0 Å². The summed E-state index contributed by atoms with van der Waals surface area (Å²) in [5, 5.41) is 13.6. The molecule has 7 rings (SSSR count). The number of hydrogen-bond acceptors (Lipinski definition) is 2. The van der Waals surface area contributed by atoms with Crippen molar-refractivity contribution in [3.05, 3.63) is 119 Å². The van der Waals surface area contributed by atoms with Crippen molar-refractivity contribution in [2.24, 2.45) is 0 Å². The molecule has 0 amide bonds. The molecule has 0 radical (unpaired) electrons. The van der Waals surface area contributed by atoms with Gasteiger partial charge in [-0.3, -0.25) is 0 Å². The van der Waals surface area contributed by atoms with E-state index in [1.807, 2.05) is 17.4 Å². The van der Waals surface area contributed by atoms with E-state index in [0.717, 1.165) is 17.7 Å². The molecule has 6 aromatic rings. The van der Waals surface area contributed by atoms with Crippen LogP contribution in [0.4, 0.5) is 0 Å². The monoisotopic (exact) mass is 466 g/mol. The lowest BCUT2D eigenvalue weighted by Crippen LogP contribution is -2.06. The number of aromatic nitrogens is 1. The van der Waals surface area contributed by atoms with Crippen LogP contribution in [-0.4, -0.2) is 4.57 Å². The summed E-state index contributed by atoms with van der Waals surface area (Å²) in [6.07, 6.45) is 3.39. The van der Waals surface area contributed by atoms with E-state index in [1.54, 1.807) is 0 Å². The summed E-state index contributed by atoms with van der Waals surface area (Å²) in [6, 6.07) is 34.5. The molecule has 3 heteroatoms. The Hall–Kier alpha value is -4.13. The number of fused-ring (bicyclic) bond motifs is 6. The molecule has 1 unspecified atom stereocenters. The van der Waals surface area contributed by atoms with Crippen molar-refractivity contribution in [2.75, 3.05) is 0 Å². The number of nitriles is 1. The van der Waals surface area contributed by atoms with E-state index in [4.69, 9.17) is 0 Å². The molecule has 0 saturated heterocycles. The fraction of sp³-hybridized carbons (Fsp3) is 0.0938. The first-order valence-corrected chi connectivity index (χ1v) is 12.8. The van der Waals surface area contributed by atoms with Gasteiger partial charge in [-0.1, -0.05) is 67.6 Å². The predicted molar refractivity (Wildman–Crippen MR) is 147 cm³/mol. The van der Waals surface area contributed by atoms with Crippen LogP contribution in [0, 0.1) is 11.3 Å². The fourth-order valence-corrected chi connectivity index (χ4v) is 6.92. The Labute approximate surface area is 208 Å². The standard InChI is InChI=1S/C32H22N2S/c1-20-14-16-24(31-25-10-4-7-13-30(25)35-32(20)31)26-18-21(19-33)15-17-29(26)34-27-11-5-2-8-22(27)23-9-3-6-12-28(23)34/h2-13,15-18,20H,14H2,1H3. The number of thiophene rings is 1. The van der Waals surface area contributed by atoms with Gasteiger partial charge in [0.05, 0.1) is 28.4 Å². The van der Waals surface area contributed by atoms with E-state index in [2.05, 4.69) is 109 Å². The van der Waals surface area contributed by atoms with Crippen LogP contribution >= 0.6 is 11.3 Å². The second-order valence-electron chi connectivity index (χ2n) is 9.31. The van der Waals surface area contributed by atoms with Gasteiger partial charge in [0.15, 0.2) is 0 Å². The molecular formula is C32H22N2S. The minimum absolute atomic E-state index is 0.488. The molecule has 2 aromatic heterocycles. The first-order chi connectivity index (χ1) is 17.2.